The molecule has 3 aromatic rings. The number of hydrogen-bond donors (Lipinski definition) is 1. The van der Waals surface area contributed by atoms with Crippen molar-refractivity contribution in [1.29, 1.82) is 0 Å². The third-order valence-corrected chi connectivity index (χ3v) is 6.32. The highest BCUT2D eigenvalue weighted by Gasteiger charge is 2.25. The molecular formula is C27H34N4O2. The predicted molar refractivity (Wildman–Crippen MR) is 134 cm³/mol. The van der Waals surface area contributed by atoms with Crippen LogP contribution in [0.5, 0.6) is 11.5 Å². The van der Waals surface area contributed by atoms with Gasteiger partial charge >= 0.3 is 0 Å². The van der Waals surface area contributed by atoms with Crippen LogP contribution in [0.25, 0.3) is 0 Å². The van der Waals surface area contributed by atoms with Gasteiger partial charge in [0.1, 0.15) is 18.1 Å². The van der Waals surface area contributed by atoms with Crippen molar-refractivity contribution in [2.45, 2.75) is 32.5 Å². The Morgan fingerprint density at radius 3 is 2.76 bits per heavy atom. The minimum absolute atomic E-state index is 0.463. The Kier molecular flexibility index (Phi) is 7.35. The molecule has 0 radical (unpaired) electrons. The Balaban J connectivity index is 1.46. The first-order valence-corrected chi connectivity index (χ1v) is 11.5. The van der Waals surface area contributed by atoms with Crippen molar-refractivity contribution >= 4 is 11.4 Å². The lowest BCUT2D eigenvalue weighted by Gasteiger charge is -2.24. The maximum atomic E-state index is 6.14. The standard InChI is InChI=1S/C27H34N4O2/c1-20-7-9-23(14-26(20)31-13-11-24(18-31)30(2)3)29-17-22-8-10-25(32-4)15-27(22)33-19-21-6-5-12-28-16-21/h5-10,12,14-16,24,29H,11,13,17-19H2,1-4H3. The van der Waals surface area contributed by atoms with Crippen molar-refractivity contribution in [3.05, 3.63) is 77.6 Å². The fourth-order valence-electron chi connectivity index (χ4n) is 4.23. The van der Waals surface area contributed by atoms with E-state index in [2.05, 4.69) is 65.4 Å². The highest BCUT2D eigenvalue weighted by atomic mass is 16.5. The summed E-state index contributed by atoms with van der Waals surface area (Å²) in [6.45, 7) is 5.48. The van der Waals surface area contributed by atoms with Crippen molar-refractivity contribution < 1.29 is 9.47 Å². The van der Waals surface area contributed by atoms with Crippen LogP contribution in [0.4, 0.5) is 11.4 Å². The Morgan fingerprint density at radius 2 is 2.03 bits per heavy atom. The molecule has 0 spiro atoms. The SMILES string of the molecule is COc1ccc(CNc2ccc(C)c(N3CCC(N(C)C)C3)c2)c(OCc2cccnc2)c1. The Labute approximate surface area is 197 Å². The van der Waals surface area contributed by atoms with Gasteiger partial charge in [-0.25, -0.2) is 0 Å². The highest BCUT2D eigenvalue weighted by Crippen LogP contribution is 2.30. The molecule has 1 aromatic heterocycles. The largest absolute Gasteiger partial charge is 0.497 e. The molecule has 2 aromatic carbocycles. The number of aryl methyl sites for hydroxylation is 1. The molecule has 0 aliphatic carbocycles. The minimum atomic E-state index is 0.463. The lowest BCUT2D eigenvalue weighted by Crippen LogP contribution is -2.31. The molecule has 6 nitrogen and oxygen atoms in total. The normalized spacial score (nSPS) is 15.7. The minimum Gasteiger partial charge on any atom is -0.497 e. The molecule has 1 aliphatic heterocycles. The van der Waals surface area contributed by atoms with Crippen molar-refractivity contribution in [3.63, 3.8) is 0 Å². The van der Waals surface area contributed by atoms with Gasteiger partial charge in [-0.3, -0.25) is 4.98 Å². The number of rotatable bonds is 9. The van der Waals surface area contributed by atoms with Gasteiger partial charge < -0.3 is 24.6 Å². The second kappa shape index (κ2) is 10.6. The van der Waals surface area contributed by atoms with Gasteiger partial charge in [0.05, 0.1) is 7.11 Å². The third-order valence-electron chi connectivity index (χ3n) is 6.32. The summed E-state index contributed by atoms with van der Waals surface area (Å²) < 4.78 is 11.6. The zero-order chi connectivity index (χ0) is 23.2. The van der Waals surface area contributed by atoms with Crippen LogP contribution in [0.2, 0.25) is 0 Å². The summed E-state index contributed by atoms with van der Waals surface area (Å²) in [5.41, 5.74) is 5.84. The first-order chi connectivity index (χ1) is 16.0. The first-order valence-electron chi connectivity index (χ1n) is 11.5. The molecule has 174 valence electrons. The van der Waals surface area contributed by atoms with Gasteiger partial charge in [0.2, 0.25) is 0 Å². The van der Waals surface area contributed by atoms with Crippen LogP contribution in [0.15, 0.2) is 60.9 Å². The summed E-state index contributed by atoms with van der Waals surface area (Å²) in [5.74, 6) is 1.59. The summed E-state index contributed by atoms with van der Waals surface area (Å²) in [4.78, 5) is 9.00. The van der Waals surface area contributed by atoms with E-state index < -0.39 is 0 Å². The number of anilines is 2. The van der Waals surface area contributed by atoms with E-state index in [4.69, 9.17) is 9.47 Å². The third kappa shape index (κ3) is 5.76. The van der Waals surface area contributed by atoms with Crippen LogP contribution in [0.1, 0.15) is 23.1 Å². The molecule has 1 fully saturated rings. The van der Waals surface area contributed by atoms with E-state index in [1.165, 1.54) is 17.7 Å². The number of aromatic nitrogens is 1. The van der Waals surface area contributed by atoms with E-state index in [1.54, 1.807) is 13.3 Å². The van der Waals surface area contributed by atoms with Gasteiger partial charge in [0.15, 0.2) is 0 Å². The second-order valence-electron chi connectivity index (χ2n) is 8.83. The van der Waals surface area contributed by atoms with Crippen molar-refractivity contribution in [3.8, 4) is 11.5 Å². The number of nitrogens with one attached hydrogen (secondary N) is 1. The summed E-state index contributed by atoms with van der Waals surface area (Å²) in [7, 11) is 6.01. The van der Waals surface area contributed by atoms with Crippen LogP contribution >= 0.6 is 0 Å². The van der Waals surface area contributed by atoms with Crippen molar-refractivity contribution in [1.82, 2.24) is 9.88 Å². The first kappa shape index (κ1) is 22.9. The number of nitrogens with zero attached hydrogens (tertiary/aromatic N) is 3. The van der Waals surface area contributed by atoms with Crippen LogP contribution < -0.4 is 19.7 Å². The van der Waals surface area contributed by atoms with Crippen molar-refractivity contribution in [2.75, 3.05) is 44.5 Å². The summed E-state index contributed by atoms with van der Waals surface area (Å²) in [6, 6.07) is 17.1. The fourth-order valence-corrected chi connectivity index (χ4v) is 4.23. The quantitative estimate of drug-likeness (QED) is 0.513. The van der Waals surface area contributed by atoms with Crippen molar-refractivity contribution in [2.24, 2.45) is 0 Å². The molecule has 1 N–H and O–H groups in total. The molecule has 6 heteroatoms. The van der Waals surface area contributed by atoms with Crippen LogP contribution in [0.3, 0.4) is 0 Å². The molecule has 1 saturated heterocycles. The highest BCUT2D eigenvalue weighted by molar-refractivity contribution is 5.63. The second-order valence-corrected chi connectivity index (χ2v) is 8.83. The number of hydrogen-bond acceptors (Lipinski definition) is 6. The summed E-state index contributed by atoms with van der Waals surface area (Å²) in [6.07, 6.45) is 4.79. The molecule has 0 bridgehead atoms. The average molecular weight is 447 g/mol. The van der Waals surface area contributed by atoms with Gasteiger partial charge in [0.25, 0.3) is 0 Å². The number of likely N-dealkylation sites (N-methyl/N-ethyl adjacent to an activating group) is 1. The van der Waals surface area contributed by atoms with E-state index in [0.29, 0.717) is 19.2 Å². The number of ether oxygens (including phenoxy) is 2. The molecular weight excluding hydrogens is 412 g/mol. The number of pyridine rings is 1. The molecule has 1 aliphatic rings. The Bertz CT molecular complexity index is 1060. The number of benzene rings is 2. The maximum absolute atomic E-state index is 6.14. The van der Waals surface area contributed by atoms with Gasteiger partial charge in [-0.05, 0) is 63.3 Å². The summed E-state index contributed by atoms with van der Waals surface area (Å²) >= 11 is 0. The molecule has 0 saturated carbocycles. The monoisotopic (exact) mass is 446 g/mol. The van der Waals surface area contributed by atoms with E-state index in [1.807, 2.05) is 30.5 Å². The molecule has 1 atom stereocenters. The van der Waals surface area contributed by atoms with E-state index >= 15 is 0 Å². The fraction of sp³-hybridized carbons (Fsp3) is 0.370. The van der Waals surface area contributed by atoms with Crippen LogP contribution in [0, 0.1) is 6.92 Å². The molecule has 2 heterocycles. The van der Waals surface area contributed by atoms with Gasteiger partial charge in [-0.15, -0.1) is 0 Å². The zero-order valence-corrected chi connectivity index (χ0v) is 20.0. The average Bonchev–Trinajstić information content (AvgIpc) is 3.33. The Hall–Kier alpha value is -3.25. The van der Waals surface area contributed by atoms with E-state index in [9.17, 15) is 0 Å². The van der Waals surface area contributed by atoms with Crippen LogP contribution in [-0.4, -0.2) is 50.2 Å². The van der Waals surface area contributed by atoms with Crippen LogP contribution in [-0.2, 0) is 13.2 Å². The maximum Gasteiger partial charge on any atom is 0.128 e. The van der Waals surface area contributed by atoms with Gasteiger partial charge in [-0.2, -0.15) is 0 Å². The molecule has 33 heavy (non-hydrogen) atoms. The molecule has 1 unspecified atom stereocenters. The zero-order valence-electron chi connectivity index (χ0n) is 20.0. The topological polar surface area (TPSA) is 49.9 Å². The lowest BCUT2D eigenvalue weighted by molar-refractivity contribution is 0.300. The summed E-state index contributed by atoms with van der Waals surface area (Å²) in [5, 5.41) is 3.59. The lowest BCUT2D eigenvalue weighted by atomic mass is 10.1. The predicted octanol–water partition coefficient (Wildman–Crippen LogP) is 4.73. The molecule has 0 amide bonds. The smallest absolute Gasteiger partial charge is 0.128 e. The number of methoxy groups -OCH3 is 1. The van der Waals surface area contributed by atoms with Gasteiger partial charge in [0, 0.05) is 66.6 Å². The van der Waals surface area contributed by atoms with Gasteiger partial charge in [-0.1, -0.05) is 12.1 Å². The van der Waals surface area contributed by atoms with E-state index in [-0.39, 0.29) is 0 Å². The van der Waals surface area contributed by atoms with E-state index in [0.717, 1.165) is 41.4 Å². The molecule has 4 rings (SSSR count). The Morgan fingerprint density at radius 1 is 1.15 bits per heavy atom.